The van der Waals surface area contributed by atoms with E-state index in [1.54, 1.807) is 13.2 Å². The maximum Gasteiger partial charge on any atom is 0.214 e. The summed E-state index contributed by atoms with van der Waals surface area (Å²) in [5.74, 6) is -0.0264. The summed E-state index contributed by atoms with van der Waals surface area (Å²) >= 11 is 0. The number of carbonyl (C=O) groups is 1. The largest absolute Gasteiger partial charge is 0.519 e. The molecule has 3 rings (SSSR count). The molecule has 1 radical (unpaired) electrons. The molecule has 1 heterocycles. The van der Waals surface area contributed by atoms with E-state index in [0.717, 1.165) is 18.4 Å². The molecule has 143 valence electrons. The molecular formula is C20H29NO3WY-2. The summed E-state index contributed by atoms with van der Waals surface area (Å²) in [5, 5.41) is 13.7. The van der Waals surface area contributed by atoms with Crippen molar-refractivity contribution in [2.75, 3.05) is 7.11 Å². The van der Waals surface area contributed by atoms with Gasteiger partial charge in [-0.15, -0.1) is 35.4 Å². The molecule has 0 aromatic heterocycles. The number of carbonyl (C=O) groups excluding carboxylic acids is 1. The Labute approximate surface area is 197 Å². The van der Waals surface area contributed by atoms with Gasteiger partial charge in [-0.3, -0.25) is 4.79 Å². The van der Waals surface area contributed by atoms with Gasteiger partial charge in [-0.25, -0.2) is 0 Å². The average Bonchev–Trinajstić information content (AvgIpc) is 2.81. The summed E-state index contributed by atoms with van der Waals surface area (Å²) in [7, 11) is 1.71. The molecule has 1 aliphatic carbocycles. The van der Waals surface area contributed by atoms with Crippen LogP contribution in [0.2, 0.25) is 0 Å². The topological polar surface area (TPSA) is 58.6 Å². The van der Waals surface area contributed by atoms with Gasteiger partial charge in [-0.1, -0.05) is 20.8 Å². The Morgan fingerprint density at radius 1 is 1.31 bits per heavy atom. The van der Waals surface area contributed by atoms with Crippen molar-refractivity contribution in [1.82, 2.24) is 5.32 Å². The zero-order valence-electron chi connectivity index (χ0n) is 16.4. The van der Waals surface area contributed by atoms with Crippen molar-refractivity contribution >= 4 is 11.5 Å². The van der Waals surface area contributed by atoms with E-state index in [0.29, 0.717) is 24.0 Å². The molecule has 1 aliphatic heterocycles. The molecule has 0 saturated heterocycles. The molecule has 0 unspecified atom stereocenters. The van der Waals surface area contributed by atoms with E-state index in [4.69, 9.17) is 4.74 Å². The standard InChI is InChI=1S/C17H20NO3.C2H6.CH3.W.Y/c1-11-5-3-4-6-13(11)14-15(19)17(18-16(14)20)9-7-12(21-2)8-10-17;1-2;;;/h3-5,12,19H,7-10H2,1-2H3,(H,18,20);1-2H3;1H3;;/q-1;;-1;;. The van der Waals surface area contributed by atoms with Crippen LogP contribution in [0, 0.1) is 20.4 Å². The molecule has 1 fully saturated rings. The SMILES string of the molecule is CC.COC1CCC2(CC1)NC(=O)C(c1[c-]cccc1C)=C2O.[CH3-].[W].[Y]. The second kappa shape index (κ2) is 12.4. The Balaban J connectivity index is 0. The number of benzene rings is 1. The minimum absolute atomic E-state index is 0. The van der Waals surface area contributed by atoms with Gasteiger partial charge >= 0.3 is 0 Å². The van der Waals surface area contributed by atoms with Crippen molar-refractivity contribution in [2.24, 2.45) is 0 Å². The third kappa shape index (κ3) is 5.50. The van der Waals surface area contributed by atoms with Gasteiger partial charge in [0, 0.05) is 66.5 Å². The average molecular weight is 604 g/mol. The van der Waals surface area contributed by atoms with Gasteiger partial charge in [0.1, 0.15) is 0 Å². The van der Waals surface area contributed by atoms with Gasteiger partial charge in [-0.05, 0) is 25.7 Å². The number of rotatable bonds is 2. The van der Waals surface area contributed by atoms with Crippen LogP contribution in [0.1, 0.15) is 50.7 Å². The summed E-state index contributed by atoms with van der Waals surface area (Å²) in [6.45, 7) is 5.92. The summed E-state index contributed by atoms with van der Waals surface area (Å²) in [5.41, 5.74) is 1.40. The number of amides is 1. The minimum atomic E-state index is -0.614. The van der Waals surface area contributed by atoms with E-state index in [-0.39, 0.29) is 79.0 Å². The van der Waals surface area contributed by atoms with Gasteiger partial charge in [0.15, 0.2) is 0 Å². The first kappa shape index (κ1) is 28.2. The Morgan fingerprint density at radius 3 is 2.38 bits per heavy atom. The maximum atomic E-state index is 12.4. The summed E-state index contributed by atoms with van der Waals surface area (Å²) in [6.07, 6.45) is 3.31. The molecule has 1 aromatic rings. The van der Waals surface area contributed by atoms with Crippen LogP contribution in [-0.4, -0.2) is 29.8 Å². The van der Waals surface area contributed by atoms with E-state index in [9.17, 15) is 9.90 Å². The van der Waals surface area contributed by atoms with Crippen LogP contribution in [0.5, 0.6) is 0 Å². The summed E-state index contributed by atoms with van der Waals surface area (Å²) < 4.78 is 5.37. The van der Waals surface area contributed by atoms with Gasteiger partial charge in [0.25, 0.3) is 0 Å². The summed E-state index contributed by atoms with van der Waals surface area (Å²) in [6, 6.07) is 8.65. The number of methoxy groups -OCH3 is 1. The molecule has 0 atom stereocenters. The predicted octanol–water partition coefficient (Wildman–Crippen LogP) is 3.99. The van der Waals surface area contributed by atoms with Crippen molar-refractivity contribution in [3.05, 3.63) is 48.6 Å². The number of aryl methyl sites for hydroxylation is 1. The summed E-state index contributed by atoms with van der Waals surface area (Å²) in [4.78, 5) is 12.4. The van der Waals surface area contributed by atoms with Crippen LogP contribution in [0.15, 0.2) is 24.0 Å². The molecule has 1 spiro atoms. The van der Waals surface area contributed by atoms with Crippen molar-refractivity contribution < 1.29 is 68.4 Å². The molecule has 1 amide bonds. The van der Waals surface area contributed by atoms with Gasteiger partial charge in [0.2, 0.25) is 5.91 Å². The Morgan fingerprint density at radius 2 is 1.88 bits per heavy atom. The second-order valence-corrected chi connectivity index (χ2v) is 5.92. The fraction of sp³-hybridized carbons (Fsp3) is 0.500. The number of aliphatic hydroxyl groups excluding tert-OH is 1. The number of nitrogens with one attached hydrogen (secondary N) is 1. The van der Waals surface area contributed by atoms with Crippen molar-refractivity contribution in [2.45, 2.75) is 58.1 Å². The molecule has 0 bridgehead atoms. The van der Waals surface area contributed by atoms with E-state index in [1.807, 2.05) is 32.9 Å². The normalized spacial score (nSPS) is 23.7. The third-order valence-corrected chi connectivity index (χ3v) is 4.70. The number of ether oxygens (including phenoxy) is 1. The molecule has 2 N–H and O–H groups in total. The maximum absolute atomic E-state index is 12.4. The first-order valence-electron chi connectivity index (χ1n) is 8.34. The number of hydrogen-bond donors (Lipinski definition) is 2. The molecule has 1 aromatic carbocycles. The zero-order valence-corrected chi connectivity index (χ0v) is 22.2. The smallest absolute Gasteiger partial charge is 0.214 e. The number of hydrogen-bond acceptors (Lipinski definition) is 3. The molecule has 4 nitrogen and oxygen atoms in total. The molecular weight excluding hydrogens is 575 g/mol. The third-order valence-electron chi connectivity index (χ3n) is 4.70. The first-order chi connectivity index (χ1) is 11.1. The monoisotopic (exact) mass is 604 g/mol. The van der Waals surface area contributed by atoms with Crippen molar-refractivity contribution in [1.29, 1.82) is 0 Å². The van der Waals surface area contributed by atoms with E-state index in [2.05, 4.69) is 11.4 Å². The molecule has 2 aliphatic rings. The molecule has 26 heavy (non-hydrogen) atoms. The van der Waals surface area contributed by atoms with Gasteiger partial charge in [0.05, 0.1) is 17.4 Å². The van der Waals surface area contributed by atoms with E-state index >= 15 is 0 Å². The van der Waals surface area contributed by atoms with Gasteiger partial charge < -0.3 is 22.6 Å². The fourth-order valence-corrected chi connectivity index (χ4v) is 3.39. The minimum Gasteiger partial charge on any atom is -0.519 e. The quantitative estimate of drug-likeness (QED) is 0.503. The van der Waals surface area contributed by atoms with Crippen LogP contribution in [-0.2, 0) is 63.3 Å². The van der Waals surface area contributed by atoms with Crippen LogP contribution in [0.25, 0.3) is 5.57 Å². The van der Waals surface area contributed by atoms with Crippen LogP contribution >= 0.6 is 0 Å². The predicted molar refractivity (Wildman–Crippen MR) is 97.5 cm³/mol. The Bertz CT molecular complexity index is 611. The Kier molecular flexibility index (Phi) is 13.5. The zero-order chi connectivity index (χ0) is 17.0. The van der Waals surface area contributed by atoms with Crippen molar-refractivity contribution in [3.63, 3.8) is 0 Å². The van der Waals surface area contributed by atoms with E-state index in [1.165, 1.54) is 0 Å². The van der Waals surface area contributed by atoms with Crippen LogP contribution < -0.4 is 5.32 Å². The second-order valence-electron chi connectivity index (χ2n) is 5.92. The van der Waals surface area contributed by atoms with Crippen LogP contribution in [0.4, 0.5) is 0 Å². The molecule has 6 heteroatoms. The fourth-order valence-electron chi connectivity index (χ4n) is 3.39. The van der Waals surface area contributed by atoms with Crippen molar-refractivity contribution in [3.8, 4) is 0 Å². The van der Waals surface area contributed by atoms with Crippen LogP contribution in [0.3, 0.4) is 0 Å². The molecule has 1 saturated carbocycles. The number of aliphatic hydroxyl groups is 1. The van der Waals surface area contributed by atoms with E-state index < -0.39 is 5.54 Å². The Hall–Kier alpha value is -0.0178. The first-order valence-corrected chi connectivity index (χ1v) is 8.34. The van der Waals surface area contributed by atoms with Gasteiger partial charge in [-0.2, -0.15) is 0 Å².